The molecule has 0 atom stereocenters. The van der Waals surface area contributed by atoms with E-state index >= 15 is 0 Å². The summed E-state index contributed by atoms with van der Waals surface area (Å²) in [5, 5.41) is 8.76. The Morgan fingerprint density at radius 2 is 2.14 bits per heavy atom. The molecule has 0 bridgehead atoms. The van der Waals surface area contributed by atoms with E-state index in [0.717, 1.165) is 11.3 Å². The molecule has 3 rings (SSSR count). The first-order valence-electron chi connectivity index (χ1n) is 6.76. The number of benzene rings is 1. The lowest BCUT2D eigenvalue weighted by atomic mass is 10.2. The predicted molar refractivity (Wildman–Crippen MR) is 87.5 cm³/mol. The zero-order valence-corrected chi connectivity index (χ0v) is 13.1. The fraction of sp³-hybridized carbons (Fsp3) is 0.188. The number of nitrogens with zero attached hydrogens (tertiary/aromatic N) is 4. The van der Waals surface area contributed by atoms with E-state index in [1.54, 1.807) is 28.3 Å². The minimum atomic E-state index is -0.186. The number of hydrogen-bond acceptors (Lipinski definition) is 4. The van der Waals surface area contributed by atoms with Crippen LogP contribution < -0.4 is 5.56 Å². The molecule has 22 heavy (non-hydrogen) atoms. The van der Waals surface area contributed by atoms with Gasteiger partial charge in [0.05, 0.1) is 5.75 Å². The summed E-state index contributed by atoms with van der Waals surface area (Å²) in [7, 11) is 0. The maximum Gasteiger partial charge on any atom is 0.300 e. The highest BCUT2D eigenvalue weighted by molar-refractivity contribution is 7.99. The molecule has 0 spiro atoms. The van der Waals surface area contributed by atoms with Crippen LogP contribution in [0.1, 0.15) is 12.5 Å². The Labute approximate surface area is 132 Å². The molecule has 0 fully saturated rings. The van der Waals surface area contributed by atoms with Gasteiger partial charge in [0, 0.05) is 18.1 Å². The molecular formula is C16H14N4OS. The first-order valence-corrected chi connectivity index (χ1v) is 7.75. The van der Waals surface area contributed by atoms with Crippen molar-refractivity contribution in [3.05, 3.63) is 52.6 Å². The molecule has 6 heteroatoms. The molecule has 2 aromatic heterocycles. The first kappa shape index (κ1) is 14.4. The summed E-state index contributed by atoms with van der Waals surface area (Å²) in [5.74, 6) is 6.41. The zero-order valence-electron chi connectivity index (χ0n) is 12.3. The SMILES string of the molecule is CC#CCSc1nnc2c(=O)n(-c3cccc(C)c3)ccn12. The normalized spacial score (nSPS) is 10.5. The summed E-state index contributed by atoms with van der Waals surface area (Å²) in [4.78, 5) is 12.6. The third-order valence-corrected chi connectivity index (χ3v) is 3.99. The van der Waals surface area contributed by atoms with E-state index in [1.165, 1.54) is 11.8 Å². The topological polar surface area (TPSA) is 52.2 Å². The van der Waals surface area contributed by atoms with Gasteiger partial charge in [-0.05, 0) is 31.5 Å². The Balaban J connectivity index is 2.07. The third kappa shape index (κ3) is 2.63. The van der Waals surface area contributed by atoms with Gasteiger partial charge in [-0.2, -0.15) is 0 Å². The average molecular weight is 310 g/mol. The third-order valence-electron chi connectivity index (χ3n) is 3.17. The van der Waals surface area contributed by atoms with Gasteiger partial charge in [0.1, 0.15) is 0 Å². The van der Waals surface area contributed by atoms with Crippen molar-refractivity contribution >= 4 is 17.4 Å². The van der Waals surface area contributed by atoms with E-state index in [-0.39, 0.29) is 5.56 Å². The van der Waals surface area contributed by atoms with Crippen LogP contribution in [0, 0.1) is 18.8 Å². The first-order chi connectivity index (χ1) is 10.7. The highest BCUT2D eigenvalue weighted by atomic mass is 32.2. The van der Waals surface area contributed by atoms with Gasteiger partial charge in [0.15, 0.2) is 5.16 Å². The lowest BCUT2D eigenvalue weighted by Gasteiger charge is -2.06. The Hall–Kier alpha value is -2.52. The number of rotatable bonds is 3. The molecule has 0 saturated carbocycles. The fourth-order valence-corrected chi connectivity index (χ4v) is 2.85. The second-order valence-corrected chi connectivity index (χ2v) is 5.65. The zero-order chi connectivity index (χ0) is 15.5. The smallest absolute Gasteiger partial charge is 0.280 e. The molecule has 0 aliphatic heterocycles. The van der Waals surface area contributed by atoms with Gasteiger partial charge in [0.25, 0.3) is 0 Å². The van der Waals surface area contributed by atoms with Crippen LogP contribution in [0.3, 0.4) is 0 Å². The molecule has 0 aliphatic rings. The molecule has 0 aliphatic carbocycles. The van der Waals surface area contributed by atoms with Crippen molar-refractivity contribution in [3.63, 3.8) is 0 Å². The van der Waals surface area contributed by atoms with Crippen LogP contribution in [0.2, 0.25) is 0 Å². The summed E-state index contributed by atoms with van der Waals surface area (Å²) < 4.78 is 3.29. The number of thioether (sulfide) groups is 1. The van der Waals surface area contributed by atoms with Crippen molar-refractivity contribution in [1.82, 2.24) is 19.2 Å². The number of fused-ring (bicyclic) bond motifs is 1. The summed E-state index contributed by atoms with van der Waals surface area (Å²) in [5.41, 5.74) is 2.05. The minimum Gasteiger partial charge on any atom is -0.280 e. The van der Waals surface area contributed by atoms with E-state index in [1.807, 2.05) is 31.2 Å². The van der Waals surface area contributed by atoms with E-state index in [4.69, 9.17) is 0 Å². The van der Waals surface area contributed by atoms with Crippen LogP contribution in [-0.2, 0) is 0 Å². The maximum atomic E-state index is 12.6. The van der Waals surface area contributed by atoms with Gasteiger partial charge >= 0.3 is 5.56 Å². The van der Waals surface area contributed by atoms with Gasteiger partial charge in [-0.25, -0.2) is 0 Å². The Morgan fingerprint density at radius 1 is 1.27 bits per heavy atom. The number of hydrogen-bond donors (Lipinski definition) is 0. The van der Waals surface area contributed by atoms with Crippen LogP contribution in [0.5, 0.6) is 0 Å². The molecule has 5 nitrogen and oxygen atoms in total. The van der Waals surface area contributed by atoms with Crippen molar-refractivity contribution in [1.29, 1.82) is 0 Å². The molecule has 0 unspecified atom stereocenters. The van der Waals surface area contributed by atoms with Crippen molar-refractivity contribution in [2.45, 2.75) is 19.0 Å². The molecule has 0 amide bonds. The largest absolute Gasteiger partial charge is 0.300 e. The summed E-state index contributed by atoms with van der Waals surface area (Å²) >= 11 is 1.46. The van der Waals surface area contributed by atoms with Crippen LogP contribution in [0.25, 0.3) is 11.3 Å². The highest BCUT2D eigenvalue weighted by Gasteiger charge is 2.11. The molecule has 0 N–H and O–H groups in total. The molecular weight excluding hydrogens is 296 g/mol. The number of aryl methyl sites for hydroxylation is 1. The quantitative estimate of drug-likeness (QED) is 0.550. The minimum absolute atomic E-state index is 0.186. The Bertz CT molecular complexity index is 946. The summed E-state index contributed by atoms with van der Waals surface area (Å²) in [6, 6.07) is 7.78. The van der Waals surface area contributed by atoms with Gasteiger partial charge in [0.2, 0.25) is 5.65 Å². The molecule has 2 heterocycles. The second kappa shape index (κ2) is 6.08. The standard InChI is InChI=1S/C16H14N4OS/c1-3-4-10-22-16-18-17-14-15(21)19(8-9-20(14)16)13-7-5-6-12(2)11-13/h5-9,11H,10H2,1-2H3. The molecule has 110 valence electrons. The lowest BCUT2D eigenvalue weighted by Crippen LogP contribution is -2.20. The van der Waals surface area contributed by atoms with Crippen molar-refractivity contribution in [2.24, 2.45) is 0 Å². The van der Waals surface area contributed by atoms with Crippen LogP contribution in [0.4, 0.5) is 0 Å². The van der Waals surface area contributed by atoms with Crippen LogP contribution in [-0.4, -0.2) is 24.9 Å². The second-order valence-electron chi connectivity index (χ2n) is 4.70. The monoisotopic (exact) mass is 310 g/mol. The molecule has 1 aromatic carbocycles. The van der Waals surface area contributed by atoms with Crippen molar-refractivity contribution in [3.8, 4) is 17.5 Å². The highest BCUT2D eigenvalue weighted by Crippen LogP contribution is 2.15. The maximum absolute atomic E-state index is 12.6. The molecule has 0 radical (unpaired) electrons. The van der Waals surface area contributed by atoms with Gasteiger partial charge in [-0.15, -0.1) is 16.1 Å². The fourth-order valence-electron chi connectivity index (χ4n) is 2.12. The summed E-state index contributed by atoms with van der Waals surface area (Å²) in [6.45, 7) is 3.79. The molecule has 3 aromatic rings. The molecule has 0 saturated heterocycles. The van der Waals surface area contributed by atoms with E-state index in [9.17, 15) is 4.79 Å². The van der Waals surface area contributed by atoms with E-state index in [2.05, 4.69) is 22.0 Å². The van der Waals surface area contributed by atoms with E-state index < -0.39 is 0 Å². The van der Waals surface area contributed by atoms with Crippen molar-refractivity contribution in [2.75, 3.05) is 5.75 Å². The lowest BCUT2D eigenvalue weighted by molar-refractivity contribution is 0.894. The predicted octanol–water partition coefficient (Wildman–Crippen LogP) is 2.30. The van der Waals surface area contributed by atoms with Crippen LogP contribution in [0.15, 0.2) is 46.6 Å². The van der Waals surface area contributed by atoms with Gasteiger partial charge in [-0.1, -0.05) is 29.8 Å². The Morgan fingerprint density at radius 3 is 2.91 bits per heavy atom. The number of aromatic nitrogens is 4. The van der Waals surface area contributed by atoms with Gasteiger partial charge < -0.3 is 0 Å². The summed E-state index contributed by atoms with van der Waals surface area (Å²) in [6.07, 6.45) is 3.55. The van der Waals surface area contributed by atoms with Crippen molar-refractivity contribution < 1.29 is 0 Å². The van der Waals surface area contributed by atoms with E-state index in [0.29, 0.717) is 16.6 Å². The Kier molecular flexibility index (Phi) is 3.98. The average Bonchev–Trinajstić information content (AvgIpc) is 2.92. The van der Waals surface area contributed by atoms with Crippen LogP contribution >= 0.6 is 11.8 Å². The van der Waals surface area contributed by atoms with Gasteiger partial charge in [-0.3, -0.25) is 13.8 Å².